The first kappa shape index (κ1) is 15.9. The Labute approximate surface area is 115 Å². The molecule has 1 aromatic rings. The first-order chi connectivity index (χ1) is 9.03. The number of ether oxygens (including phenoxy) is 1. The number of likely N-dealkylation sites (N-methyl/N-ethyl adjacent to an activating group) is 1. The Kier molecular flexibility index (Phi) is 6.25. The fraction of sp³-hybridized carbons (Fsp3) is 0.600. The molecule has 0 aliphatic rings. The van der Waals surface area contributed by atoms with E-state index in [-0.39, 0.29) is 17.6 Å². The molecule has 108 valence electrons. The molecule has 0 spiro atoms. The molecule has 2 unspecified atom stereocenters. The molecule has 1 aromatic carbocycles. The molecule has 3 nitrogen and oxygen atoms in total. The molecule has 0 aliphatic carbocycles. The van der Waals surface area contributed by atoms with E-state index in [1.807, 2.05) is 13.1 Å². The van der Waals surface area contributed by atoms with Crippen LogP contribution in [0.4, 0.5) is 4.39 Å². The maximum absolute atomic E-state index is 13.8. The van der Waals surface area contributed by atoms with E-state index in [2.05, 4.69) is 18.7 Å². The SMILES string of the molecule is CCC(C)CN(C)C(CN)c1ccc(OC)c(F)c1. The molecule has 1 rings (SSSR count). The van der Waals surface area contributed by atoms with E-state index >= 15 is 0 Å². The van der Waals surface area contributed by atoms with E-state index in [0.717, 1.165) is 18.5 Å². The number of nitrogens with two attached hydrogens (primary N) is 1. The maximum atomic E-state index is 13.8. The van der Waals surface area contributed by atoms with Gasteiger partial charge in [-0.15, -0.1) is 0 Å². The van der Waals surface area contributed by atoms with E-state index in [9.17, 15) is 4.39 Å². The molecule has 2 N–H and O–H groups in total. The van der Waals surface area contributed by atoms with Gasteiger partial charge >= 0.3 is 0 Å². The van der Waals surface area contributed by atoms with Crippen molar-refractivity contribution in [1.29, 1.82) is 0 Å². The van der Waals surface area contributed by atoms with Crippen LogP contribution in [0.15, 0.2) is 18.2 Å². The van der Waals surface area contributed by atoms with Crippen molar-refractivity contribution in [3.63, 3.8) is 0 Å². The van der Waals surface area contributed by atoms with Crippen LogP contribution in [0.1, 0.15) is 31.9 Å². The Morgan fingerprint density at radius 1 is 1.42 bits per heavy atom. The number of hydrogen-bond donors (Lipinski definition) is 1. The summed E-state index contributed by atoms with van der Waals surface area (Å²) in [6, 6.07) is 5.09. The van der Waals surface area contributed by atoms with Crippen LogP contribution >= 0.6 is 0 Å². The van der Waals surface area contributed by atoms with Gasteiger partial charge in [0, 0.05) is 19.1 Å². The lowest BCUT2D eigenvalue weighted by Gasteiger charge is -2.29. The predicted octanol–water partition coefficient (Wildman–Crippen LogP) is 2.81. The van der Waals surface area contributed by atoms with E-state index in [1.165, 1.54) is 13.2 Å². The summed E-state index contributed by atoms with van der Waals surface area (Å²) in [6.07, 6.45) is 1.12. The van der Waals surface area contributed by atoms with Crippen molar-refractivity contribution in [1.82, 2.24) is 4.90 Å². The van der Waals surface area contributed by atoms with Crippen LogP contribution in [0.3, 0.4) is 0 Å². The lowest BCUT2D eigenvalue weighted by molar-refractivity contribution is 0.214. The molecule has 0 heterocycles. The highest BCUT2D eigenvalue weighted by atomic mass is 19.1. The summed E-state index contributed by atoms with van der Waals surface area (Å²) in [6.45, 7) is 5.80. The molecule has 0 aromatic heterocycles. The van der Waals surface area contributed by atoms with Crippen molar-refractivity contribution in [2.24, 2.45) is 11.7 Å². The molecule has 2 atom stereocenters. The summed E-state index contributed by atoms with van der Waals surface area (Å²) in [5.74, 6) is 0.529. The standard InChI is InChI=1S/C15H25FN2O/c1-5-11(2)10-18(3)14(9-17)12-6-7-15(19-4)13(16)8-12/h6-8,11,14H,5,9-10,17H2,1-4H3. The minimum Gasteiger partial charge on any atom is -0.494 e. The van der Waals surface area contributed by atoms with Gasteiger partial charge in [-0.05, 0) is 30.7 Å². The van der Waals surface area contributed by atoms with Crippen LogP contribution in [-0.2, 0) is 0 Å². The van der Waals surface area contributed by atoms with Crippen molar-refractivity contribution in [3.05, 3.63) is 29.6 Å². The second-order valence-corrected chi connectivity index (χ2v) is 5.10. The zero-order chi connectivity index (χ0) is 14.4. The van der Waals surface area contributed by atoms with Crippen molar-refractivity contribution < 1.29 is 9.13 Å². The Bertz CT molecular complexity index is 398. The third-order valence-electron chi connectivity index (χ3n) is 3.61. The highest BCUT2D eigenvalue weighted by Gasteiger charge is 2.18. The zero-order valence-corrected chi connectivity index (χ0v) is 12.3. The van der Waals surface area contributed by atoms with E-state index < -0.39 is 0 Å². The predicted molar refractivity (Wildman–Crippen MR) is 76.8 cm³/mol. The van der Waals surface area contributed by atoms with Crippen LogP contribution < -0.4 is 10.5 Å². The van der Waals surface area contributed by atoms with Crippen LogP contribution in [0.25, 0.3) is 0 Å². The Balaban J connectivity index is 2.87. The van der Waals surface area contributed by atoms with Crippen molar-refractivity contribution in [2.45, 2.75) is 26.3 Å². The number of halogens is 1. The quantitative estimate of drug-likeness (QED) is 0.826. The van der Waals surface area contributed by atoms with Gasteiger partial charge in [-0.2, -0.15) is 0 Å². The minimum absolute atomic E-state index is 0.0365. The summed E-state index contributed by atoms with van der Waals surface area (Å²) < 4.78 is 18.7. The van der Waals surface area contributed by atoms with Gasteiger partial charge in [0.1, 0.15) is 0 Å². The van der Waals surface area contributed by atoms with Gasteiger partial charge in [-0.25, -0.2) is 4.39 Å². The van der Waals surface area contributed by atoms with Gasteiger partial charge < -0.3 is 10.5 Å². The first-order valence-corrected chi connectivity index (χ1v) is 6.77. The van der Waals surface area contributed by atoms with Crippen molar-refractivity contribution in [3.8, 4) is 5.75 Å². The van der Waals surface area contributed by atoms with Crippen molar-refractivity contribution in [2.75, 3.05) is 27.2 Å². The largest absolute Gasteiger partial charge is 0.494 e. The molecule has 0 saturated heterocycles. The lowest BCUT2D eigenvalue weighted by atomic mass is 10.0. The second kappa shape index (κ2) is 7.46. The highest BCUT2D eigenvalue weighted by molar-refractivity contribution is 5.31. The van der Waals surface area contributed by atoms with E-state index in [4.69, 9.17) is 10.5 Å². The van der Waals surface area contributed by atoms with Crippen LogP contribution in [0.2, 0.25) is 0 Å². The number of nitrogens with zero attached hydrogens (tertiary/aromatic N) is 1. The van der Waals surface area contributed by atoms with Gasteiger partial charge in [-0.1, -0.05) is 26.3 Å². The second-order valence-electron chi connectivity index (χ2n) is 5.10. The molecule has 0 saturated carbocycles. The molecular weight excluding hydrogens is 243 g/mol. The molecular formula is C15H25FN2O. The topological polar surface area (TPSA) is 38.5 Å². The van der Waals surface area contributed by atoms with E-state index in [1.54, 1.807) is 6.07 Å². The summed E-state index contributed by atoms with van der Waals surface area (Å²) in [4.78, 5) is 2.19. The summed E-state index contributed by atoms with van der Waals surface area (Å²) >= 11 is 0. The number of rotatable bonds is 7. The first-order valence-electron chi connectivity index (χ1n) is 6.77. The number of benzene rings is 1. The van der Waals surface area contributed by atoms with Gasteiger partial charge in [0.25, 0.3) is 0 Å². The normalized spacial score (nSPS) is 14.5. The van der Waals surface area contributed by atoms with Crippen molar-refractivity contribution >= 4 is 0 Å². The Hall–Kier alpha value is -1.13. The third kappa shape index (κ3) is 4.18. The molecule has 0 amide bonds. The fourth-order valence-corrected chi connectivity index (χ4v) is 2.21. The Morgan fingerprint density at radius 3 is 2.58 bits per heavy atom. The number of hydrogen-bond acceptors (Lipinski definition) is 3. The molecule has 19 heavy (non-hydrogen) atoms. The summed E-state index contributed by atoms with van der Waals surface area (Å²) in [5, 5.41) is 0. The number of methoxy groups -OCH3 is 1. The van der Waals surface area contributed by atoms with Gasteiger partial charge in [-0.3, -0.25) is 4.90 Å². The highest BCUT2D eigenvalue weighted by Crippen LogP contribution is 2.25. The van der Waals surface area contributed by atoms with Crippen LogP contribution in [0.5, 0.6) is 5.75 Å². The Morgan fingerprint density at radius 2 is 2.11 bits per heavy atom. The smallest absolute Gasteiger partial charge is 0.165 e. The van der Waals surface area contributed by atoms with Crippen LogP contribution in [0, 0.1) is 11.7 Å². The molecule has 0 fully saturated rings. The average molecular weight is 268 g/mol. The molecule has 0 bridgehead atoms. The summed E-state index contributed by atoms with van der Waals surface area (Å²) in [7, 11) is 3.50. The fourth-order valence-electron chi connectivity index (χ4n) is 2.21. The molecule has 0 aliphatic heterocycles. The van der Waals surface area contributed by atoms with Gasteiger partial charge in [0.2, 0.25) is 0 Å². The third-order valence-corrected chi connectivity index (χ3v) is 3.61. The summed E-state index contributed by atoms with van der Waals surface area (Å²) in [5.41, 5.74) is 6.74. The van der Waals surface area contributed by atoms with Gasteiger partial charge in [0.05, 0.1) is 7.11 Å². The average Bonchev–Trinajstić information content (AvgIpc) is 2.39. The molecule has 4 heteroatoms. The minimum atomic E-state index is -0.338. The monoisotopic (exact) mass is 268 g/mol. The maximum Gasteiger partial charge on any atom is 0.165 e. The van der Waals surface area contributed by atoms with Gasteiger partial charge in [0.15, 0.2) is 11.6 Å². The zero-order valence-electron chi connectivity index (χ0n) is 12.3. The molecule has 0 radical (unpaired) electrons. The van der Waals surface area contributed by atoms with E-state index in [0.29, 0.717) is 12.5 Å². The lowest BCUT2D eigenvalue weighted by Crippen LogP contribution is -2.33. The van der Waals surface area contributed by atoms with Crippen LogP contribution in [-0.4, -0.2) is 32.1 Å².